The number of rotatable bonds is 0. The third-order valence-electron chi connectivity index (χ3n) is 1.63. The van der Waals surface area contributed by atoms with Crippen LogP contribution >= 0.6 is 23.2 Å². The minimum absolute atomic E-state index is 0.0967. The van der Waals surface area contributed by atoms with Crippen molar-refractivity contribution in [3.63, 3.8) is 0 Å². The van der Waals surface area contributed by atoms with Gasteiger partial charge in [0.15, 0.2) is 5.15 Å². The highest BCUT2D eigenvalue weighted by atomic mass is 35.5. The van der Waals surface area contributed by atoms with Crippen molar-refractivity contribution in [1.82, 2.24) is 9.97 Å². The van der Waals surface area contributed by atoms with Crippen LogP contribution in [-0.2, 0) is 0 Å². The quantitative estimate of drug-likeness (QED) is 0.732. The van der Waals surface area contributed by atoms with Crippen molar-refractivity contribution in [3.05, 3.63) is 38.7 Å². The maximum Gasteiger partial charge on any atom is 0.286 e. The number of benzene rings is 1. The highest BCUT2D eigenvalue weighted by Crippen LogP contribution is 2.19. The van der Waals surface area contributed by atoms with E-state index in [0.717, 1.165) is 0 Å². The van der Waals surface area contributed by atoms with Crippen molar-refractivity contribution in [2.45, 2.75) is 0 Å². The molecular formula is C8H4Cl2N2O. The Morgan fingerprint density at radius 1 is 1.31 bits per heavy atom. The Morgan fingerprint density at radius 3 is 2.85 bits per heavy atom. The first-order valence-electron chi connectivity index (χ1n) is 3.52. The van der Waals surface area contributed by atoms with Crippen LogP contribution in [0.3, 0.4) is 0 Å². The van der Waals surface area contributed by atoms with Crippen LogP contribution in [0.25, 0.3) is 11.0 Å². The van der Waals surface area contributed by atoms with Gasteiger partial charge in [-0.1, -0.05) is 29.3 Å². The van der Waals surface area contributed by atoms with Gasteiger partial charge in [0.25, 0.3) is 5.56 Å². The SMILES string of the molecule is O=c1[nH]c2cccc(Cl)c2nc1Cl. The summed E-state index contributed by atoms with van der Waals surface area (Å²) in [6, 6.07) is 5.13. The van der Waals surface area contributed by atoms with Crippen LogP contribution in [0.15, 0.2) is 23.0 Å². The molecule has 0 amide bonds. The molecule has 1 heterocycles. The van der Waals surface area contributed by atoms with Crippen molar-refractivity contribution in [1.29, 1.82) is 0 Å². The summed E-state index contributed by atoms with van der Waals surface area (Å²) in [5.41, 5.74) is 0.687. The van der Waals surface area contributed by atoms with E-state index in [0.29, 0.717) is 16.1 Å². The van der Waals surface area contributed by atoms with Crippen LogP contribution < -0.4 is 5.56 Å². The van der Waals surface area contributed by atoms with Crippen LogP contribution in [0.1, 0.15) is 0 Å². The molecule has 0 radical (unpaired) electrons. The molecule has 0 spiro atoms. The largest absolute Gasteiger partial charge is 0.318 e. The van der Waals surface area contributed by atoms with Gasteiger partial charge in [-0.2, -0.15) is 0 Å². The van der Waals surface area contributed by atoms with E-state index < -0.39 is 5.56 Å². The van der Waals surface area contributed by atoms with E-state index in [1.54, 1.807) is 18.2 Å². The fourth-order valence-corrected chi connectivity index (χ4v) is 1.40. The predicted octanol–water partition coefficient (Wildman–Crippen LogP) is 2.23. The van der Waals surface area contributed by atoms with E-state index in [-0.39, 0.29) is 5.15 Å². The molecule has 5 heteroatoms. The van der Waals surface area contributed by atoms with Crippen molar-refractivity contribution >= 4 is 34.2 Å². The summed E-state index contributed by atoms with van der Waals surface area (Å²) < 4.78 is 0. The maximum absolute atomic E-state index is 11.1. The first kappa shape index (κ1) is 8.53. The molecule has 0 atom stereocenters. The molecule has 1 aromatic carbocycles. The summed E-state index contributed by atoms with van der Waals surface area (Å²) >= 11 is 11.4. The average Bonchev–Trinajstić information content (AvgIpc) is 2.09. The van der Waals surface area contributed by atoms with Crippen LogP contribution in [-0.4, -0.2) is 9.97 Å². The molecule has 0 fully saturated rings. The summed E-state index contributed by atoms with van der Waals surface area (Å²) in [4.78, 5) is 17.5. The lowest BCUT2D eigenvalue weighted by molar-refractivity contribution is 1.22. The highest BCUT2D eigenvalue weighted by molar-refractivity contribution is 6.35. The number of hydrogen-bond acceptors (Lipinski definition) is 2. The zero-order valence-corrected chi connectivity index (χ0v) is 7.86. The van der Waals surface area contributed by atoms with Crippen LogP contribution in [0.4, 0.5) is 0 Å². The van der Waals surface area contributed by atoms with Gasteiger partial charge in [0.05, 0.1) is 10.5 Å². The van der Waals surface area contributed by atoms with E-state index in [4.69, 9.17) is 23.2 Å². The molecule has 0 saturated heterocycles. The van der Waals surface area contributed by atoms with E-state index in [1.165, 1.54) is 0 Å². The molecule has 1 N–H and O–H groups in total. The number of halogens is 2. The number of para-hydroxylation sites is 1. The number of nitrogens with one attached hydrogen (secondary N) is 1. The normalized spacial score (nSPS) is 10.6. The third-order valence-corrected chi connectivity index (χ3v) is 2.19. The molecule has 0 saturated carbocycles. The first-order valence-corrected chi connectivity index (χ1v) is 4.28. The molecule has 0 aliphatic carbocycles. The monoisotopic (exact) mass is 214 g/mol. The molecule has 2 rings (SSSR count). The Kier molecular flexibility index (Phi) is 1.98. The lowest BCUT2D eigenvalue weighted by Crippen LogP contribution is -2.08. The lowest BCUT2D eigenvalue weighted by atomic mass is 10.3. The Bertz CT molecular complexity index is 521. The Labute approximate surface area is 83.3 Å². The molecule has 0 aliphatic rings. The van der Waals surface area contributed by atoms with Gasteiger partial charge in [-0.15, -0.1) is 0 Å². The topological polar surface area (TPSA) is 45.8 Å². The summed E-state index contributed by atoms with van der Waals surface area (Å²) in [6.07, 6.45) is 0. The van der Waals surface area contributed by atoms with Gasteiger partial charge < -0.3 is 4.98 Å². The Hall–Kier alpha value is -1.06. The Morgan fingerprint density at radius 2 is 2.08 bits per heavy atom. The van der Waals surface area contributed by atoms with Crippen molar-refractivity contribution < 1.29 is 0 Å². The van der Waals surface area contributed by atoms with Gasteiger partial charge in [-0.05, 0) is 12.1 Å². The summed E-state index contributed by atoms with van der Waals surface area (Å²) in [6.45, 7) is 0. The minimum atomic E-state index is -0.406. The smallest absolute Gasteiger partial charge is 0.286 e. The average molecular weight is 215 g/mol. The maximum atomic E-state index is 11.1. The zero-order valence-electron chi connectivity index (χ0n) is 6.34. The number of aromatic nitrogens is 2. The molecule has 66 valence electrons. The number of H-pyrrole nitrogens is 1. The van der Waals surface area contributed by atoms with Gasteiger partial charge in [0, 0.05) is 0 Å². The second-order valence-corrected chi connectivity index (χ2v) is 3.26. The number of nitrogens with zero attached hydrogens (tertiary/aromatic N) is 1. The summed E-state index contributed by atoms with van der Waals surface area (Å²) in [7, 11) is 0. The van der Waals surface area contributed by atoms with Gasteiger partial charge >= 0.3 is 0 Å². The molecule has 0 unspecified atom stereocenters. The standard InChI is InChI=1S/C8H4Cl2N2O/c9-4-2-1-3-5-6(4)12-7(10)8(13)11-5/h1-3H,(H,11,13). The number of aromatic amines is 1. The molecule has 3 nitrogen and oxygen atoms in total. The van der Waals surface area contributed by atoms with Crippen LogP contribution in [0.2, 0.25) is 10.2 Å². The Balaban J connectivity index is 2.97. The van der Waals surface area contributed by atoms with Gasteiger partial charge in [-0.3, -0.25) is 4.79 Å². The van der Waals surface area contributed by atoms with Gasteiger partial charge in [0.2, 0.25) is 0 Å². The van der Waals surface area contributed by atoms with Crippen molar-refractivity contribution in [3.8, 4) is 0 Å². The second kappa shape index (κ2) is 3.01. The number of fused-ring (bicyclic) bond motifs is 1. The van der Waals surface area contributed by atoms with Crippen LogP contribution in [0, 0.1) is 0 Å². The summed E-state index contributed by atoms with van der Waals surface area (Å²) in [5.74, 6) is 0. The third kappa shape index (κ3) is 1.41. The molecule has 1 aromatic heterocycles. The molecule has 2 aromatic rings. The fraction of sp³-hybridized carbons (Fsp3) is 0. The van der Waals surface area contributed by atoms with E-state index in [1.807, 2.05) is 0 Å². The second-order valence-electron chi connectivity index (χ2n) is 2.49. The van der Waals surface area contributed by atoms with E-state index in [9.17, 15) is 4.79 Å². The first-order chi connectivity index (χ1) is 6.18. The molecule has 13 heavy (non-hydrogen) atoms. The van der Waals surface area contributed by atoms with Gasteiger partial charge in [0.1, 0.15) is 5.52 Å². The fourth-order valence-electron chi connectivity index (χ4n) is 1.05. The highest BCUT2D eigenvalue weighted by Gasteiger charge is 2.03. The van der Waals surface area contributed by atoms with Crippen molar-refractivity contribution in [2.24, 2.45) is 0 Å². The molecular weight excluding hydrogens is 211 g/mol. The zero-order chi connectivity index (χ0) is 9.42. The van der Waals surface area contributed by atoms with Crippen LogP contribution in [0.5, 0.6) is 0 Å². The molecule has 0 aliphatic heterocycles. The predicted molar refractivity (Wildman–Crippen MR) is 52.4 cm³/mol. The van der Waals surface area contributed by atoms with Gasteiger partial charge in [-0.25, -0.2) is 4.98 Å². The van der Waals surface area contributed by atoms with Crippen molar-refractivity contribution in [2.75, 3.05) is 0 Å². The number of hydrogen-bond donors (Lipinski definition) is 1. The molecule has 0 bridgehead atoms. The van der Waals surface area contributed by atoms with E-state index in [2.05, 4.69) is 9.97 Å². The minimum Gasteiger partial charge on any atom is -0.318 e. The summed E-state index contributed by atoms with van der Waals surface area (Å²) in [5, 5.41) is 0.372. The lowest BCUT2D eigenvalue weighted by Gasteiger charge is -1.98. The van der Waals surface area contributed by atoms with E-state index >= 15 is 0 Å².